The van der Waals surface area contributed by atoms with Gasteiger partial charge in [0, 0.05) is 36.7 Å². The van der Waals surface area contributed by atoms with Crippen molar-refractivity contribution in [2.75, 3.05) is 32.1 Å². The van der Waals surface area contributed by atoms with Crippen molar-refractivity contribution in [3.05, 3.63) is 53.9 Å². The van der Waals surface area contributed by atoms with Crippen LogP contribution in [0.2, 0.25) is 0 Å². The Morgan fingerprint density at radius 3 is 2.82 bits per heavy atom. The van der Waals surface area contributed by atoms with Gasteiger partial charge in [-0.15, -0.1) is 0 Å². The predicted molar refractivity (Wildman–Crippen MR) is 108 cm³/mol. The second-order valence-electron chi connectivity index (χ2n) is 7.75. The summed E-state index contributed by atoms with van der Waals surface area (Å²) >= 11 is 0. The Hall–Kier alpha value is -2.60. The molecular formula is C22H27N3O3. The molecule has 6 nitrogen and oxygen atoms in total. The molecular weight excluding hydrogens is 354 g/mol. The van der Waals surface area contributed by atoms with Crippen LogP contribution in [0.3, 0.4) is 0 Å². The van der Waals surface area contributed by atoms with Crippen LogP contribution in [0, 0.1) is 6.92 Å². The number of nitrogens with one attached hydrogen (secondary N) is 1. The SMILES string of the molecule is COc1cccc(N[C@H]2COC3(CCN(C(=O)c4ccc(C)nc4)CC3)C2)c1. The number of carbonyl (C=O) groups is 1. The molecule has 0 aliphatic carbocycles. The van der Waals surface area contributed by atoms with E-state index in [1.807, 2.05) is 48.2 Å². The number of amides is 1. The van der Waals surface area contributed by atoms with E-state index in [9.17, 15) is 4.79 Å². The third kappa shape index (κ3) is 3.97. The Bertz CT molecular complexity index is 829. The first-order valence-electron chi connectivity index (χ1n) is 9.83. The fraction of sp³-hybridized carbons (Fsp3) is 0.455. The van der Waals surface area contributed by atoms with Gasteiger partial charge in [0.1, 0.15) is 5.75 Å². The first-order valence-corrected chi connectivity index (χ1v) is 9.83. The lowest BCUT2D eigenvalue weighted by Crippen LogP contribution is -2.46. The van der Waals surface area contributed by atoms with E-state index in [2.05, 4.69) is 10.3 Å². The summed E-state index contributed by atoms with van der Waals surface area (Å²) in [6.07, 6.45) is 4.36. The molecule has 1 amide bonds. The van der Waals surface area contributed by atoms with E-state index in [4.69, 9.17) is 9.47 Å². The van der Waals surface area contributed by atoms with Gasteiger partial charge in [0.25, 0.3) is 5.91 Å². The number of nitrogens with zero attached hydrogens (tertiary/aromatic N) is 2. The standard InChI is InChI=1S/C22H27N3O3/c1-16-6-7-17(14-23-16)21(26)25-10-8-22(9-11-25)13-19(15-28-22)24-18-4-3-5-20(12-18)27-2/h3-7,12,14,19,24H,8-11,13,15H2,1-2H3/t19-/m1/s1. The van der Waals surface area contributed by atoms with E-state index in [1.54, 1.807) is 13.3 Å². The molecule has 1 aromatic heterocycles. The topological polar surface area (TPSA) is 63.7 Å². The second kappa shape index (κ2) is 7.80. The number of methoxy groups -OCH3 is 1. The Morgan fingerprint density at radius 1 is 1.29 bits per heavy atom. The van der Waals surface area contributed by atoms with E-state index < -0.39 is 0 Å². The number of carbonyl (C=O) groups excluding carboxylic acids is 1. The minimum Gasteiger partial charge on any atom is -0.497 e. The molecule has 1 spiro atoms. The number of piperidine rings is 1. The maximum Gasteiger partial charge on any atom is 0.255 e. The molecule has 2 aliphatic heterocycles. The molecule has 2 saturated heterocycles. The molecule has 0 radical (unpaired) electrons. The van der Waals surface area contributed by atoms with Crippen LogP contribution in [-0.2, 0) is 4.74 Å². The lowest BCUT2D eigenvalue weighted by molar-refractivity contribution is -0.0388. The van der Waals surface area contributed by atoms with Crippen LogP contribution in [0.5, 0.6) is 5.75 Å². The van der Waals surface area contributed by atoms with Gasteiger partial charge < -0.3 is 19.7 Å². The third-order valence-electron chi connectivity index (χ3n) is 5.77. The number of hydrogen-bond acceptors (Lipinski definition) is 5. The van der Waals surface area contributed by atoms with Crippen molar-refractivity contribution in [1.82, 2.24) is 9.88 Å². The Labute approximate surface area is 165 Å². The molecule has 1 N–H and O–H groups in total. The molecule has 2 aliphatic rings. The molecule has 2 aromatic rings. The first kappa shape index (κ1) is 18.7. The van der Waals surface area contributed by atoms with Crippen LogP contribution in [0.15, 0.2) is 42.6 Å². The number of benzene rings is 1. The van der Waals surface area contributed by atoms with Gasteiger partial charge in [0.05, 0.1) is 30.9 Å². The van der Waals surface area contributed by atoms with Crippen molar-refractivity contribution in [1.29, 1.82) is 0 Å². The highest BCUT2D eigenvalue weighted by Crippen LogP contribution is 2.37. The lowest BCUT2D eigenvalue weighted by atomic mass is 9.87. The number of aromatic nitrogens is 1. The van der Waals surface area contributed by atoms with Crippen LogP contribution in [-0.4, -0.2) is 54.2 Å². The van der Waals surface area contributed by atoms with Crippen LogP contribution in [0.1, 0.15) is 35.3 Å². The molecule has 6 heteroatoms. The molecule has 4 rings (SSSR count). The minimum absolute atomic E-state index is 0.0615. The zero-order valence-electron chi connectivity index (χ0n) is 16.5. The van der Waals surface area contributed by atoms with Gasteiger partial charge in [0.2, 0.25) is 0 Å². The highest BCUT2D eigenvalue weighted by Gasteiger charge is 2.43. The van der Waals surface area contributed by atoms with Crippen molar-refractivity contribution in [3.63, 3.8) is 0 Å². The molecule has 3 heterocycles. The number of rotatable bonds is 4. The van der Waals surface area contributed by atoms with Gasteiger partial charge in [-0.2, -0.15) is 0 Å². The van der Waals surface area contributed by atoms with Crippen molar-refractivity contribution in [2.45, 2.75) is 37.8 Å². The van der Waals surface area contributed by atoms with Gasteiger partial charge in [-0.1, -0.05) is 6.07 Å². The molecule has 0 saturated carbocycles. The van der Waals surface area contributed by atoms with Crippen molar-refractivity contribution < 1.29 is 14.3 Å². The van der Waals surface area contributed by atoms with E-state index in [0.717, 1.165) is 49.5 Å². The first-order chi connectivity index (χ1) is 13.6. The number of likely N-dealkylation sites (tertiary alicyclic amines) is 1. The summed E-state index contributed by atoms with van der Waals surface area (Å²) in [6.45, 7) is 4.05. The summed E-state index contributed by atoms with van der Waals surface area (Å²) in [6, 6.07) is 12.0. The van der Waals surface area contributed by atoms with E-state index in [0.29, 0.717) is 12.2 Å². The summed E-state index contributed by atoms with van der Waals surface area (Å²) in [5, 5.41) is 3.56. The monoisotopic (exact) mass is 381 g/mol. The quantitative estimate of drug-likeness (QED) is 0.881. The largest absolute Gasteiger partial charge is 0.497 e. The number of anilines is 1. The van der Waals surface area contributed by atoms with Crippen LogP contribution in [0.25, 0.3) is 0 Å². The van der Waals surface area contributed by atoms with Crippen LogP contribution >= 0.6 is 0 Å². The Kier molecular flexibility index (Phi) is 5.22. The highest BCUT2D eigenvalue weighted by atomic mass is 16.5. The second-order valence-corrected chi connectivity index (χ2v) is 7.75. The lowest BCUT2D eigenvalue weighted by Gasteiger charge is -2.38. The maximum absolute atomic E-state index is 12.7. The summed E-state index contributed by atoms with van der Waals surface area (Å²) in [5.74, 6) is 0.905. The van der Waals surface area contributed by atoms with Gasteiger partial charge in [0.15, 0.2) is 0 Å². The molecule has 2 fully saturated rings. The summed E-state index contributed by atoms with van der Waals surface area (Å²) in [5.41, 5.74) is 2.50. The number of aryl methyl sites for hydroxylation is 1. The number of ether oxygens (including phenoxy) is 2. The van der Waals surface area contributed by atoms with Gasteiger partial charge in [-0.25, -0.2) is 0 Å². The summed E-state index contributed by atoms with van der Waals surface area (Å²) < 4.78 is 11.5. The third-order valence-corrected chi connectivity index (χ3v) is 5.77. The van der Waals surface area contributed by atoms with Gasteiger partial charge in [-0.05, 0) is 50.5 Å². The van der Waals surface area contributed by atoms with Crippen LogP contribution < -0.4 is 10.1 Å². The Balaban J connectivity index is 1.33. The summed E-state index contributed by atoms with van der Waals surface area (Å²) in [4.78, 5) is 18.9. The zero-order chi connectivity index (χ0) is 19.6. The molecule has 0 unspecified atom stereocenters. The van der Waals surface area contributed by atoms with Crippen molar-refractivity contribution in [3.8, 4) is 5.75 Å². The molecule has 1 aromatic carbocycles. The minimum atomic E-state index is -0.126. The number of pyridine rings is 1. The highest BCUT2D eigenvalue weighted by molar-refractivity contribution is 5.94. The van der Waals surface area contributed by atoms with Crippen LogP contribution in [0.4, 0.5) is 5.69 Å². The van der Waals surface area contributed by atoms with Gasteiger partial charge in [-0.3, -0.25) is 9.78 Å². The molecule has 28 heavy (non-hydrogen) atoms. The number of hydrogen-bond donors (Lipinski definition) is 1. The van der Waals surface area contributed by atoms with Crippen molar-refractivity contribution in [2.24, 2.45) is 0 Å². The average molecular weight is 381 g/mol. The normalized spacial score (nSPS) is 20.9. The smallest absolute Gasteiger partial charge is 0.255 e. The van der Waals surface area contributed by atoms with E-state index >= 15 is 0 Å². The molecule has 0 bridgehead atoms. The predicted octanol–water partition coefficient (Wildman–Crippen LogP) is 3.27. The zero-order valence-corrected chi connectivity index (χ0v) is 16.5. The van der Waals surface area contributed by atoms with Gasteiger partial charge >= 0.3 is 0 Å². The average Bonchev–Trinajstić information content (AvgIpc) is 3.10. The molecule has 1 atom stereocenters. The fourth-order valence-corrected chi connectivity index (χ4v) is 4.13. The van der Waals surface area contributed by atoms with E-state index in [-0.39, 0.29) is 17.6 Å². The Morgan fingerprint density at radius 2 is 2.11 bits per heavy atom. The van der Waals surface area contributed by atoms with Crippen molar-refractivity contribution >= 4 is 11.6 Å². The maximum atomic E-state index is 12.7. The van der Waals surface area contributed by atoms with E-state index in [1.165, 1.54) is 0 Å². The summed E-state index contributed by atoms with van der Waals surface area (Å²) in [7, 11) is 1.68. The fourth-order valence-electron chi connectivity index (χ4n) is 4.13. The molecule has 148 valence electrons.